The predicted octanol–water partition coefficient (Wildman–Crippen LogP) is 4.10. The lowest BCUT2D eigenvalue weighted by Crippen LogP contribution is -2.34. The maximum atomic E-state index is 5.64. The Kier molecular flexibility index (Phi) is 3.76. The Balaban J connectivity index is 1.90. The standard InChI is InChI=1S/C18H27NO/c1-4-19-17(15-6-5-10-18(15,2)3)14-7-8-16-13(12-14)9-11-20-16/h7-8,12,15,17,19H,4-6,9-11H2,1-3H3. The molecule has 3 rings (SSSR count). The van der Waals surface area contributed by atoms with Crippen molar-refractivity contribution in [3.63, 3.8) is 0 Å². The zero-order valence-corrected chi connectivity index (χ0v) is 13.0. The number of hydrogen-bond acceptors (Lipinski definition) is 2. The van der Waals surface area contributed by atoms with Crippen LogP contribution in [0.1, 0.15) is 57.2 Å². The Hall–Kier alpha value is -1.02. The van der Waals surface area contributed by atoms with E-state index in [0.717, 1.165) is 31.2 Å². The molecule has 0 amide bonds. The van der Waals surface area contributed by atoms with Gasteiger partial charge in [0.25, 0.3) is 0 Å². The fraction of sp³-hybridized carbons (Fsp3) is 0.667. The second-order valence-electron chi connectivity index (χ2n) is 6.99. The van der Waals surface area contributed by atoms with Gasteiger partial charge in [-0.2, -0.15) is 0 Å². The predicted molar refractivity (Wildman–Crippen MR) is 83.2 cm³/mol. The van der Waals surface area contributed by atoms with Crippen LogP contribution in [-0.4, -0.2) is 13.2 Å². The average Bonchev–Trinajstić information content (AvgIpc) is 3.01. The number of nitrogens with one attached hydrogen (secondary N) is 1. The van der Waals surface area contributed by atoms with Crippen molar-refractivity contribution in [2.75, 3.05) is 13.2 Å². The van der Waals surface area contributed by atoms with Crippen LogP contribution < -0.4 is 10.1 Å². The SMILES string of the molecule is CCNC(c1ccc2c(c1)CCO2)C1CCCC1(C)C. The molecule has 0 aromatic heterocycles. The largest absolute Gasteiger partial charge is 0.493 e. The number of ether oxygens (including phenoxy) is 1. The van der Waals surface area contributed by atoms with Crippen molar-refractivity contribution in [1.82, 2.24) is 5.32 Å². The second-order valence-corrected chi connectivity index (χ2v) is 6.99. The quantitative estimate of drug-likeness (QED) is 0.892. The summed E-state index contributed by atoms with van der Waals surface area (Å²) >= 11 is 0. The number of fused-ring (bicyclic) bond motifs is 1. The second kappa shape index (κ2) is 5.40. The van der Waals surface area contributed by atoms with E-state index in [0.29, 0.717) is 11.5 Å². The highest BCUT2D eigenvalue weighted by Crippen LogP contribution is 2.49. The minimum Gasteiger partial charge on any atom is -0.493 e. The van der Waals surface area contributed by atoms with Crippen LogP contribution in [0, 0.1) is 11.3 Å². The zero-order chi connectivity index (χ0) is 14.2. The molecular formula is C18H27NO. The topological polar surface area (TPSA) is 21.3 Å². The van der Waals surface area contributed by atoms with Crippen molar-refractivity contribution in [2.45, 2.75) is 52.5 Å². The monoisotopic (exact) mass is 273 g/mol. The molecule has 110 valence electrons. The molecule has 2 unspecified atom stereocenters. The van der Waals surface area contributed by atoms with Gasteiger partial charge in [0.1, 0.15) is 5.75 Å². The van der Waals surface area contributed by atoms with E-state index in [9.17, 15) is 0 Å². The smallest absolute Gasteiger partial charge is 0.122 e. The van der Waals surface area contributed by atoms with Crippen molar-refractivity contribution < 1.29 is 4.74 Å². The lowest BCUT2D eigenvalue weighted by molar-refractivity contribution is 0.199. The van der Waals surface area contributed by atoms with Crippen molar-refractivity contribution in [3.8, 4) is 5.75 Å². The average molecular weight is 273 g/mol. The summed E-state index contributed by atoms with van der Waals surface area (Å²) in [6.45, 7) is 8.97. The first-order chi connectivity index (χ1) is 9.62. The van der Waals surface area contributed by atoms with Crippen molar-refractivity contribution in [2.24, 2.45) is 11.3 Å². The lowest BCUT2D eigenvalue weighted by atomic mass is 9.75. The summed E-state index contributed by atoms with van der Waals surface area (Å²) in [7, 11) is 0. The van der Waals surface area contributed by atoms with E-state index in [1.165, 1.54) is 30.4 Å². The van der Waals surface area contributed by atoms with Gasteiger partial charge in [-0.15, -0.1) is 0 Å². The van der Waals surface area contributed by atoms with Gasteiger partial charge in [0.05, 0.1) is 6.61 Å². The summed E-state index contributed by atoms with van der Waals surface area (Å²) < 4.78 is 5.64. The van der Waals surface area contributed by atoms with Crippen LogP contribution in [0.3, 0.4) is 0 Å². The van der Waals surface area contributed by atoms with E-state index in [-0.39, 0.29) is 0 Å². The molecule has 1 saturated carbocycles. The fourth-order valence-electron chi connectivity index (χ4n) is 4.08. The van der Waals surface area contributed by atoms with Crippen molar-refractivity contribution >= 4 is 0 Å². The first-order valence-electron chi connectivity index (χ1n) is 8.11. The third-order valence-corrected chi connectivity index (χ3v) is 5.24. The van der Waals surface area contributed by atoms with E-state index in [1.807, 2.05) is 0 Å². The van der Waals surface area contributed by atoms with Gasteiger partial charge in [0, 0.05) is 12.5 Å². The summed E-state index contributed by atoms with van der Waals surface area (Å²) in [4.78, 5) is 0. The van der Waals surface area contributed by atoms with Crippen LogP contribution >= 0.6 is 0 Å². The maximum absolute atomic E-state index is 5.64. The third kappa shape index (κ3) is 2.46. The van der Waals surface area contributed by atoms with Crippen LogP contribution in [0.4, 0.5) is 0 Å². The van der Waals surface area contributed by atoms with Crippen molar-refractivity contribution in [1.29, 1.82) is 0 Å². The summed E-state index contributed by atoms with van der Waals surface area (Å²) in [5, 5.41) is 3.75. The zero-order valence-electron chi connectivity index (χ0n) is 13.0. The molecule has 2 heteroatoms. The molecule has 1 aromatic carbocycles. The van der Waals surface area contributed by atoms with Gasteiger partial charge in [0.2, 0.25) is 0 Å². The van der Waals surface area contributed by atoms with E-state index in [1.54, 1.807) is 0 Å². The molecule has 1 aliphatic carbocycles. The van der Waals surface area contributed by atoms with Crippen molar-refractivity contribution in [3.05, 3.63) is 29.3 Å². The van der Waals surface area contributed by atoms with E-state index >= 15 is 0 Å². The van der Waals surface area contributed by atoms with E-state index < -0.39 is 0 Å². The molecule has 1 fully saturated rings. The Morgan fingerprint density at radius 1 is 1.40 bits per heavy atom. The third-order valence-electron chi connectivity index (χ3n) is 5.24. The molecule has 2 nitrogen and oxygen atoms in total. The molecule has 0 spiro atoms. The van der Waals surface area contributed by atoms with Crippen LogP contribution in [0.5, 0.6) is 5.75 Å². The highest BCUT2D eigenvalue weighted by molar-refractivity contribution is 5.41. The normalized spacial score (nSPS) is 25.2. The summed E-state index contributed by atoms with van der Waals surface area (Å²) in [5.74, 6) is 1.83. The molecule has 1 N–H and O–H groups in total. The highest BCUT2D eigenvalue weighted by Gasteiger charge is 2.39. The van der Waals surface area contributed by atoms with Gasteiger partial charge in [0.15, 0.2) is 0 Å². The number of benzene rings is 1. The first kappa shape index (κ1) is 13.9. The summed E-state index contributed by atoms with van der Waals surface area (Å²) in [6.07, 6.45) is 5.13. The maximum Gasteiger partial charge on any atom is 0.122 e. The Morgan fingerprint density at radius 3 is 2.95 bits per heavy atom. The lowest BCUT2D eigenvalue weighted by Gasteiger charge is -2.35. The van der Waals surface area contributed by atoms with Crippen LogP contribution in [0.15, 0.2) is 18.2 Å². The highest BCUT2D eigenvalue weighted by atomic mass is 16.5. The first-order valence-corrected chi connectivity index (χ1v) is 8.11. The van der Waals surface area contributed by atoms with E-state index in [2.05, 4.69) is 44.3 Å². The molecule has 20 heavy (non-hydrogen) atoms. The molecule has 1 heterocycles. The molecule has 0 saturated heterocycles. The molecule has 2 atom stereocenters. The van der Waals surface area contributed by atoms with Crippen LogP contribution in [0.25, 0.3) is 0 Å². The molecule has 0 bridgehead atoms. The van der Waals surface area contributed by atoms with Gasteiger partial charge < -0.3 is 10.1 Å². The Bertz CT molecular complexity index is 480. The van der Waals surface area contributed by atoms with Gasteiger partial charge in [-0.25, -0.2) is 0 Å². The summed E-state index contributed by atoms with van der Waals surface area (Å²) in [6, 6.07) is 7.31. The Morgan fingerprint density at radius 2 is 2.25 bits per heavy atom. The number of hydrogen-bond donors (Lipinski definition) is 1. The van der Waals surface area contributed by atoms with Gasteiger partial charge in [-0.05, 0) is 47.9 Å². The molecule has 1 aliphatic heterocycles. The Labute approximate surface area is 122 Å². The van der Waals surface area contributed by atoms with Gasteiger partial charge in [-0.1, -0.05) is 39.3 Å². The molecule has 2 aliphatic rings. The van der Waals surface area contributed by atoms with E-state index in [4.69, 9.17) is 4.74 Å². The number of rotatable bonds is 4. The molecule has 0 radical (unpaired) electrons. The fourth-order valence-corrected chi connectivity index (χ4v) is 4.08. The minimum atomic E-state index is 0.447. The van der Waals surface area contributed by atoms with Crippen LogP contribution in [0.2, 0.25) is 0 Å². The summed E-state index contributed by atoms with van der Waals surface area (Å²) in [5.41, 5.74) is 3.29. The van der Waals surface area contributed by atoms with Crippen LogP contribution in [-0.2, 0) is 6.42 Å². The van der Waals surface area contributed by atoms with Gasteiger partial charge >= 0.3 is 0 Å². The molecule has 1 aromatic rings. The van der Waals surface area contributed by atoms with Gasteiger partial charge in [-0.3, -0.25) is 0 Å². The minimum absolute atomic E-state index is 0.447. The molecular weight excluding hydrogens is 246 g/mol.